The number of hydrogen-bond donors (Lipinski definition) is 2. The molecule has 3 N–H and O–H groups in total. The Morgan fingerprint density at radius 3 is 2.33 bits per heavy atom. The molecule has 0 aliphatic carbocycles. The van der Waals surface area contributed by atoms with Gasteiger partial charge in [0, 0.05) is 11.8 Å². The monoisotopic (exact) mass is 171 g/mol. The Labute approximate surface area is 64.9 Å². The highest BCUT2D eigenvalue weighted by Crippen LogP contribution is 2.19. The molecule has 0 saturated carbocycles. The molecule has 0 bridgehead atoms. The molecule has 0 spiro atoms. The topological polar surface area (TPSA) is 46.2 Å². The molecule has 0 aliphatic heterocycles. The standard InChI is InChI=1S/C5H11Cl2NO/c1-4(2-6)5(7,8)3-9/h4,9H,2-3,8H2,1H3/t4?,5-/m0/s1. The summed E-state index contributed by atoms with van der Waals surface area (Å²) in [4.78, 5) is -1.05. The molecule has 0 fully saturated rings. The molecule has 0 rings (SSSR count). The molecule has 1 unspecified atom stereocenters. The van der Waals surface area contributed by atoms with Gasteiger partial charge >= 0.3 is 0 Å². The first-order valence-corrected chi connectivity index (χ1v) is 3.60. The van der Waals surface area contributed by atoms with E-state index in [1.54, 1.807) is 6.92 Å². The number of hydrogen-bond acceptors (Lipinski definition) is 2. The van der Waals surface area contributed by atoms with Crippen molar-refractivity contribution in [3.63, 3.8) is 0 Å². The highest BCUT2D eigenvalue weighted by atomic mass is 35.5. The largest absolute Gasteiger partial charge is 0.393 e. The molecule has 0 heterocycles. The average Bonchev–Trinajstić information content (AvgIpc) is 1.86. The first kappa shape index (κ1) is 9.50. The molecule has 0 aromatic heterocycles. The van der Waals surface area contributed by atoms with Gasteiger partial charge in [0.15, 0.2) is 0 Å². The summed E-state index contributed by atoms with van der Waals surface area (Å²) in [6, 6.07) is 0. The van der Waals surface area contributed by atoms with Crippen molar-refractivity contribution in [3.8, 4) is 0 Å². The fourth-order valence-corrected chi connectivity index (χ4v) is 0.716. The van der Waals surface area contributed by atoms with Crippen LogP contribution in [0.1, 0.15) is 6.92 Å². The van der Waals surface area contributed by atoms with Gasteiger partial charge in [0.05, 0.1) is 6.61 Å². The van der Waals surface area contributed by atoms with Crippen LogP contribution in [0.2, 0.25) is 0 Å². The summed E-state index contributed by atoms with van der Waals surface area (Å²) >= 11 is 11.1. The summed E-state index contributed by atoms with van der Waals surface area (Å²) in [5.74, 6) is 0.284. The second-order valence-electron chi connectivity index (χ2n) is 2.14. The van der Waals surface area contributed by atoms with E-state index in [0.29, 0.717) is 5.88 Å². The van der Waals surface area contributed by atoms with Crippen LogP contribution in [-0.2, 0) is 0 Å². The van der Waals surface area contributed by atoms with E-state index < -0.39 is 5.00 Å². The Morgan fingerprint density at radius 1 is 1.78 bits per heavy atom. The minimum atomic E-state index is -1.05. The van der Waals surface area contributed by atoms with Crippen molar-refractivity contribution in [3.05, 3.63) is 0 Å². The van der Waals surface area contributed by atoms with Crippen molar-refractivity contribution in [2.45, 2.75) is 11.9 Å². The van der Waals surface area contributed by atoms with Crippen LogP contribution >= 0.6 is 23.2 Å². The summed E-state index contributed by atoms with van der Waals surface area (Å²) in [7, 11) is 0. The predicted octanol–water partition coefficient (Wildman–Crippen LogP) is 0.747. The van der Waals surface area contributed by atoms with E-state index in [4.69, 9.17) is 34.0 Å². The Morgan fingerprint density at radius 2 is 2.22 bits per heavy atom. The number of aliphatic hydroxyl groups excluding tert-OH is 1. The van der Waals surface area contributed by atoms with Crippen LogP contribution < -0.4 is 5.73 Å². The number of nitrogens with two attached hydrogens (primary N) is 1. The highest BCUT2D eigenvalue weighted by Gasteiger charge is 2.27. The van der Waals surface area contributed by atoms with Gasteiger partial charge in [-0.3, -0.25) is 0 Å². The minimum absolute atomic E-state index is 0.0779. The molecule has 2 atom stereocenters. The van der Waals surface area contributed by atoms with Gasteiger partial charge in [-0.15, -0.1) is 11.6 Å². The lowest BCUT2D eigenvalue weighted by molar-refractivity contribution is 0.215. The summed E-state index contributed by atoms with van der Waals surface area (Å²) in [5, 5.41) is 8.58. The lowest BCUT2D eigenvalue weighted by atomic mass is 10.1. The highest BCUT2D eigenvalue weighted by molar-refractivity contribution is 6.25. The Bertz CT molecular complexity index is 87.0. The van der Waals surface area contributed by atoms with E-state index in [0.717, 1.165) is 0 Å². The lowest BCUT2D eigenvalue weighted by Crippen LogP contribution is -2.44. The van der Waals surface area contributed by atoms with Gasteiger partial charge in [-0.05, 0) is 0 Å². The molecule has 56 valence electrons. The van der Waals surface area contributed by atoms with Gasteiger partial charge < -0.3 is 10.8 Å². The van der Waals surface area contributed by atoms with Gasteiger partial charge in [0.1, 0.15) is 5.00 Å². The quantitative estimate of drug-likeness (QED) is 0.487. The van der Waals surface area contributed by atoms with E-state index in [1.807, 2.05) is 0 Å². The van der Waals surface area contributed by atoms with Crippen molar-refractivity contribution in [2.75, 3.05) is 12.5 Å². The summed E-state index contributed by atoms with van der Waals surface area (Å²) in [6.07, 6.45) is 0. The number of alkyl halides is 2. The van der Waals surface area contributed by atoms with Crippen LogP contribution in [0, 0.1) is 5.92 Å². The Kier molecular flexibility index (Phi) is 3.82. The molecule has 2 nitrogen and oxygen atoms in total. The maximum absolute atomic E-state index is 8.58. The second kappa shape index (κ2) is 3.62. The number of halogens is 2. The SMILES string of the molecule is CC(CCl)[C@](N)(Cl)CO. The third kappa shape index (κ3) is 2.72. The van der Waals surface area contributed by atoms with Gasteiger partial charge in [-0.1, -0.05) is 18.5 Å². The van der Waals surface area contributed by atoms with Gasteiger partial charge in [0.2, 0.25) is 0 Å². The van der Waals surface area contributed by atoms with Crippen molar-refractivity contribution in [2.24, 2.45) is 11.7 Å². The molecule has 0 amide bonds. The molecular formula is C5H11Cl2NO. The van der Waals surface area contributed by atoms with Crippen molar-refractivity contribution in [1.82, 2.24) is 0 Å². The van der Waals surface area contributed by atoms with Crippen LogP contribution in [0.4, 0.5) is 0 Å². The maximum atomic E-state index is 8.58. The zero-order valence-corrected chi connectivity index (χ0v) is 6.78. The van der Waals surface area contributed by atoms with Crippen LogP contribution in [0.15, 0.2) is 0 Å². The zero-order chi connectivity index (χ0) is 7.49. The van der Waals surface area contributed by atoms with Gasteiger partial charge in [0.25, 0.3) is 0 Å². The van der Waals surface area contributed by atoms with Crippen molar-refractivity contribution < 1.29 is 5.11 Å². The fraction of sp³-hybridized carbons (Fsp3) is 1.00. The van der Waals surface area contributed by atoms with Crippen LogP contribution in [-0.4, -0.2) is 22.6 Å². The normalized spacial score (nSPS) is 21.0. The van der Waals surface area contributed by atoms with Crippen LogP contribution in [0.25, 0.3) is 0 Å². The lowest BCUT2D eigenvalue weighted by Gasteiger charge is -2.24. The Hall–Kier alpha value is 0.500. The first-order valence-electron chi connectivity index (χ1n) is 2.69. The fourth-order valence-electron chi connectivity index (χ4n) is 0.284. The van der Waals surface area contributed by atoms with E-state index >= 15 is 0 Å². The van der Waals surface area contributed by atoms with E-state index in [2.05, 4.69) is 0 Å². The van der Waals surface area contributed by atoms with Gasteiger partial charge in [-0.2, -0.15) is 0 Å². The van der Waals surface area contributed by atoms with E-state index in [9.17, 15) is 0 Å². The predicted molar refractivity (Wildman–Crippen MR) is 39.7 cm³/mol. The zero-order valence-electron chi connectivity index (χ0n) is 5.27. The summed E-state index contributed by atoms with van der Waals surface area (Å²) in [5.41, 5.74) is 5.40. The van der Waals surface area contributed by atoms with E-state index in [1.165, 1.54) is 0 Å². The average molecular weight is 172 g/mol. The summed E-state index contributed by atoms with van der Waals surface area (Å²) < 4.78 is 0. The molecule has 0 radical (unpaired) electrons. The Balaban J connectivity index is 3.80. The minimum Gasteiger partial charge on any atom is -0.393 e. The molecule has 0 aromatic rings. The van der Waals surface area contributed by atoms with Gasteiger partial charge in [-0.25, -0.2) is 0 Å². The van der Waals surface area contributed by atoms with E-state index in [-0.39, 0.29) is 12.5 Å². The molecule has 4 heteroatoms. The summed E-state index contributed by atoms with van der Waals surface area (Å²) in [6.45, 7) is 1.54. The molecule has 9 heavy (non-hydrogen) atoms. The second-order valence-corrected chi connectivity index (χ2v) is 3.15. The third-order valence-electron chi connectivity index (χ3n) is 1.29. The molecular weight excluding hydrogens is 161 g/mol. The van der Waals surface area contributed by atoms with Crippen molar-refractivity contribution in [1.29, 1.82) is 0 Å². The number of aliphatic hydroxyl groups is 1. The maximum Gasteiger partial charge on any atom is 0.118 e. The van der Waals surface area contributed by atoms with Crippen LogP contribution in [0.5, 0.6) is 0 Å². The third-order valence-corrected chi connectivity index (χ3v) is 2.25. The molecule has 0 saturated heterocycles. The van der Waals surface area contributed by atoms with Crippen LogP contribution in [0.3, 0.4) is 0 Å². The smallest absolute Gasteiger partial charge is 0.118 e. The number of rotatable bonds is 3. The molecule has 0 aromatic carbocycles. The molecule has 0 aliphatic rings. The van der Waals surface area contributed by atoms with Crippen molar-refractivity contribution >= 4 is 23.2 Å². The first-order chi connectivity index (χ1) is 4.04.